The zero-order valence-corrected chi connectivity index (χ0v) is 80.6. The summed E-state index contributed by atoms with van der Waals surface area (Å²) in [5.41, 5.74) is 8.64. The molecule has 0 saturated carbocycles. The summed E-state index contributed by atoms with van der Waals surface area (Å²) in [6.45, 7) is 18.4. The number of hydrogen-bond donors (Lipinski definition) is 5. The molecule has 2 amide bonds. The van der Waals surface area contributed by atoms with Crippen molar-refractivity contribution in [2.75, 3.05) is 79.7 Å². The van der Waals surface area contributed by atoms with Gasteiger partial charge in [-0.3, -0.25) is 42.7 Å². The number of rotatable bonds is 33. The number of halogens is 4. The second kappa shape index (κ2) is 47.4. The first-order valence-electron chi connectivity index (χ1n) is 42.7. The van der Waals surface area contributed by atoms with Gasteiger partial charge in [-0.2, -0.15) is 0 Å². The summed E-state index contributed by atoms with van der Waals surface area (Å²) < 4.78 is 41.7. The number of likely N-dealkylation sites (N-methyl/N-ethyl adjacent to an activating group) is 2. The Kier molecular flexibility index (Phi) is 36.7. The number of Topliss-reactive ketones (excluding diaryl/α,β-unsaturated/α-hetero) is 1. The van der Waals surface area contributed by atoms with E-state index in [1.54, 1.807) is 104 Å². The number of esters is 1. The molecule has 0 radical (unpaired) electrons. The maximum absolute atomic E-state index is 14.0. The van der Waals surface area contributed by atoms with Crippen molar-refractivity contribution in [1.29, 1.82) is 0 Å². The summed E-state index contributed by atoms with van der Waals surface area (Å²) in [6.07, 6.45) is 13.0. The van der Waals surface area contributed by atoms with Gasteiger partial charge in [0, 0.05) is 80.9 Å². The van der Waals surface area contributed by atoms with Crippen LogP contribution in [0.4, 0.5) is 22.7 Å². The number of ketones is 1. The molecule has 29 nitrogen and oxygen atoms in total. The van der Waals surface area contributed by atoms with Crippen LogP contribution in [0.2, 0.25) is 20.1 Å². The number of para-hydroxylation sites is 4. The van der Waals surface area contributed by atoms with Gasteiger partial charge in [0.15, 0.2) is 34.4 Å². The zero-order chi connectivity index (χ0) is 93.6. The van der Waals surface area contributed by atoms with Crippen molar-refractivity contribution in [3.63, 3.8) is 0 Å². The van der Waals surface area contributed by atoms with Crippen LogP contribution in [-0.4, -0.2) is 145 Å². The molecule has 14 aromatic rings. The van der Waals surface area contributed by atoms with Gasteiger partial charge in [0.05, 0.1) is 119 Å². The van der Waals surface area contributed by atoms with Crippen LogP contribution in [0.15, 0.2) is 195 Å². The minimum atomic E-state index is -3.30. The van der Waals surface area contributed by atoms with E-state index < -0.39 is 50.3 Å². The average molecular weight is 1890 g/mol. The normalized spacial score (nSPS) is 11.1. The number of H-pyrrole nitrogens is 1. The number of methoxy groups -OCH3 is 1. The Balaban J connectivity index is 0.000000183. The van der Waals surface area contributed by atoms with Gasteiger partial charge in [0.1, 0.15) is 5.75 Å². The minimum absolute atomic E-state index is 0. The van der Waals surface area contributed by atoms with Crippen molar-refractivity contribution >= 4 is 158 Å². The molecule has 5 heterocycles. The van der Waals surface area contributed by atoms with Crippen molar-refractivity contribution in [2.24, 2.45) is 0 Å². The van der Waals surface area contributed by atoms with Crippen molar-refractivity contribution < 1.29 is 76.8 Å². The van der Waals surface area contributed by atoms with Crippen molar-refractivity contribution in [2.45, 2.75) is 133 Å². The number of amides is 2. The van der Waals surface area contributed by atoms with Crippen LogP contribution in [-0.2, 0) is 27.8 Å². The Hall–Kier alpha value is -11.7. The van der Waals surface area contributed by atoms with E-state index in [9.17, 15) is 57.0 Å². The van der Waals surface area contributed by atoms with Crippen molar-refractivity contribution in [3.8, 4) is 34.4 Å². The van der Waals surface area contributed by atoms with Gasteiger partial charge < -0.3 is 54.2 Å². The van der Waals surface area contributed by atoms with Gasteiger partial charge in [-0.15, -0.1) is 5.75 Å². The summed E-state index contributed by atoms with van der Waals surface area (Å²) in [6, 6.07) is 49.9. The third kappa shape index (κ3) is 25.3. The Bertz CT molecular complexity index is 6860. The van der Waals surface area contributed by atoms with Crippen LogP contribution in [0.3, 0.4) is 0 Å². The number of ether oxygens (including phenoxy) is 2. The number of carbonyl (C=O) groups excluding carboxylic acids is 4. The molecule has 0 bridgehead atoms. The maximum atomic E-state index is 14.0. The quantitative estimate of drug-likeness (QED) is 0.0110. The number of nitrogens with zero attached hydrogens (tertiary/aromatic N) is 11. The van der Waals surface area contributed by atoms with Crippen LogP contribution in [0, 0.1) is 13.8 Å². The third-order valence-corrected chi connectivity index (χ3v) is 23.3. The number of aryl methyl sites for hydroxylation is 4. The summed E-state index contributed by atoms with van der Waals surface area (Å²) in [7, 11) is -1.74. The van der Waals surface area contributed by atoms with Gasteiger partial charge in [0.2, 0.25) is 10.0 Å². The average Bonchev–Trinajstić information content (AvgIpc) is 1.62. The molecule has 5 N–H and O–H groups in total. The van der Waals surface area contributed by atoms with Crippen molar-refractivity contribution in [1.82, 2.24) is 52.9 Å². The molecule has 0 aliphatic carbocycles. The van der Waals surface area contributed by atoms with Crippen LogP contribution in [0.25, 0.3) is 78.1 Å². The molecule has 680 valence electrons. The second-order valence-electron chi connectivity index (χ2n) is 30.5. The van der Waals surface area contributed by atoms with Crippen LogP contribution >= 0.6 is 46.4 Å². The maximum Gasteiger partial charge on any atom is 1.00 e. The first-order chi connectivity index (χ1) is 62.4. The van der Waals surface area contributed by atoms with E-state index in [2.05, 4.69) is 47.2 Å². The Morgan fingerprint density at radius 3 is 1.67 bits per heavy atom. The second-order valence-corrected chi connectivity index (χ2v) is 34.0. The number of fused-ring (bicyclic) bond motifs is 5. The van der Waals surface area contributed by atoms with Gasteiger partial charge in [0.25, 0.3) is 34.1 Å². The number of aromatic amines is 1. The molecule has 5 aromatic heterocycles. The molecule has 0 aliphatic rings. The number of imidazole rings is 1. The van der Waals surface area contributed by atoms with E-state index >= 15 is 0 Å². The predicted molar refractivity (Wildman–Crippen MR) is 515 cm³/mol. The summed E-state index contributed by atoms with van der Waals surface area (Å²) in [4.78, 5) is 132. The monoisotopic (exact) mass is 1880 g/mol. The topological polar surface area (TPSA) is 375 Å². The van der Waals surface area contributed by atoms with E-state index in [-0.39, 0.29) is 99.6 Å². The zero-order valence-electron chi connectivity index (χ0n) is 74.8. The molecular weight excluding hydrogens is 1780 g/mol. The summed E-state index contributed by atoms with van der Waals surface area (Å²) in [5.74, 6) is -1.47. The number of hydrogen-bond acceptors (Lipinski definition) is 21. The number of nitrogens with one attached hydrogen (secondary N) is 4. The SMILES string of the molecule is CCCCCCCCCCCCOC(=O)c1ccc(Cl)c(NC(=O)c2nc3ccc([O-])cc3n(CC)c2=O)c1.CCN(CCNS(C)(=O)=O)c1cc(C)c2nc(C(C)=O)c(=O)n(-c3ccccc3Cl)c2c1.CCN(CCO)c1cc(C)c2nc(-c3nc4ccccc4[nH]3)c(=O)n(-c3ccc(Cl)cc3Cl)c2c1.CCn1c(=O)c(C(=O)Nc2ccccc2)nc2ccc(OC)cc21.[Na+]. The summed E-state index contributed by atoms with van der Waals surface area (Å²) >= 11 is 25.4. The number of unbranched alkanes of at least 4 members (excludes halogenated alkanes) is 9. The molecule has 0 atom stereocenters. The Labute approximate surface area is 799 Å². The number of sulfonamides is 1. The molecule has 0 fully saturated rings. The Morgan fingerprint density at radius 1 is 0.534 bits per heavy atom. The molecule has 0 unspecified atom stereocenters. The van der Waals surface area contributed by atoms with E-state index in [0.717, 1.165) is 59.1 Å². The predicted octanol–water partition coefficient (Wildman–Crippen LogP) is 14.4. The van der Waals surface area contributed by atoms with E-state index in [4.69, 9.17) is 60.9 Å². The molecule has 0 aliphatic heterocycles. The van der Waals surface area contributed by atoms with Gasteiger partial charge in [-0.25, -0.2) is 42.9 Å². The van der Waals surface area contributed by atoms with E-state index in [1.807, 2.05) is 99.0 Å². The summed E-state index contributed by atoms with van der Waals surface area (Å²) in [5, 5.41) is 27.9. The van der Waals surface area contributed by atoms with Gasteiger partial charge >= 0.3 is 35.5 Å². The molecular formula is C96H102Cl4N15NaO14S. The van der Waals surface area contributed by atoms with E-state index in [0.29, 0.717) is 127 Å². The fourth-order valence-corrected chi connectivity index (χ4v) is 16.2. The number of anilines is 4. The van der Waals surface area contributed by atoms with Crippen LogP contribution in [0.5, 0.6) is 11.5 Å². The van der Waals surface area contributed by atoms with Gasteiger partial charge in [-0.1, -0.05) is 160 Å². The minimum Gasteiger partial charge on any atom is -0.872 e. The fourth-order valence-electron chi connectivity index (χ4n) is 14.8. The molecule has 14 rings (SSSR count). The molecule has 35 heteroatoms. The molecule has 9 aromatic carbocycles. The molecule has 0 saturated heterocycles. The third-order valence-electron chi connectivity index (χ3n) is 21.4. The largest absolute Gasteiger partial charge is 1.00 e. The number of aliphatic hydroxyl groups excluding tert-OH is 1. The first kappa shape index (κ1) is 101. The fraction of sp³-hybridized carbons (Fsp3) is 0.302. The van der Waals surface area contributed by atoms with Gasteiger partial charge in [-0.05, 0) is 180 Å². The van der Waals surface area contributed by atoms with Crippen molar-refractivity contribution in [3.05, 3.63) is 271 Å². The number of aliphatic hydroxyl groups is 1. The van der Waals surface area contributed by atoms with E-state index in [1.165, 1.54) is 102 Å². The van der Waals surface area contributed by atoms with Crippen LogP contribution in [0.1, 0.15) is 159 Å². The first-order valence-corrected chi connectivity index (χ1v) is 46.1. The number of aromatic nitrogens is 10. The van der Waals surface area contributed by atoms with Crippen LogP contribution < -0.4 is 86.8 Å². The molecule has 0 spiro atoms. The number of benzene rings is 9. The molecule has 131 heavy (non-hydrogen) atoms. The number of carbonyl (C=O) groups is 4. The Morgan fingerprint density at radius 2 is 1.09 bits per heavy atom. The standard InChI is InChI=1S/C30H38ClN3O5.C26H23Cl2N5O2.C22H25ClN4O4S.C18H17N3O3.Na/c1-3-5-6-7-8-9-10-11-12-13-18-39-30(38)21-14-16-23(31)25(19-21)33-28(36)27-29(37)34(4-2)26-20-22(35)15-17-24(26)32-27;1-3-32(10-11-34)17-12-15(2)23-22(14-17)33(21-9-8-16(27)13-18(21)28)26(35)24(31-23)25-29-19-6-4-5-7-20(19)30-25;1-5-26(11-10-24-32(4,30)31)16-12-14(2)20-19(13-16)27(18-9-7-6-8-17(18)23)22(29)21(25-20)15(3)28;1-3-21-15-11-13(24-2)9-10-14(15)20-16(18(21)23)17(22)19-12-7-5-4-6-8-12;/h14-17,19-20,35H,3-13,18H2,1-2H3,(H,33,36);4-9,12-14,34H,3,10-11H2,1-2H3,(H,29,30);6-9,12-13,24H,5,10-11H2,1-4H3;4-11H,3H2,1-2H3,(H,19,22);/q;;;;+1/p-1. The smallest absolute Gasteiger partial charge is 0.872 e.